The zero-order chi connectivity index (χ0) is 40.4. The predicted octanol–water partition coefficient (Wildman–Crippen LogP) is 2.88. The van der Waals surface area contributed by atoms with Crippen molar-refractivity contribution in [3.05, 3.63) is 11.6 Å². The number of carboxylic acid groups (broad SMARTS) is 1. The summed E-state index contributed by atoms with van der Waals surface area (Å²) < 4.78 is 24.0. The maximum Gasteiger partial charge on any atom is 0.335 e. The number of rotatable bonds is 6. The summed E-state index contributed by atoms with van der Waals surface area (Å²) in [6, 6.07) is 0. The first-order valence-electron chi connectivity index (χ1n) is 20.7. The molecule has 0 bridgehead atoms. The Morgan fingerprint density at radius 1 is 0.745 bits per heavy atom. The third-order valence-corrected chi connectivity index (χ3v) is 17.3. The van der Waals surface area contributed by atoms with Gasteiger partial charge in [-0.1, -0.05) is 67.0 Å². The van der Waals surface area contributed by atoms with E-state index in [2.05, 4.69) is 61.5 Å². The van der Waals surface area contributed by atoms with E-state index in [1.54, 1.807) is 5.57 Å². The van der Waals surface area contributed by atoms with Crippen LogP contribution in [0.4, 0.5) is 0 Å². The van der Waals surface area contributed by atoms with E-state index in [0.717, 1.165) is 51.4 Å². The van der Waals surface area contributed by atoms with Crippen molar-refractivity contribution in [3.63, 3.8) is 0 Å². The smallest absolute Gasteiger partial charge is 0.335 e. The van der Waals surface area contributed by atoms with Crippen LogP contribution in [0.2, 0.25) is 0 Å². The first-order chi connectivity index (χ1) is 25.5. The van der Waals surface area contributed by atoms with Crippen LogP contribution in [0.15, 0.2) is 11.6 Å². The zero-order valence-corrected chi connectivity index (χ0v) is 33.9. The molecule has 0 amide bonds. The highest BCUT2D eigenvalue weighted by Crippen LogP contribution is 2.76. The summed E-state index contributed by atoms with van der Waals surface area (Å²) in [5.41, 5.74) is 1.09. The Morgan fingerprint density at radius 3 is 2.09 bits per heavy atom. The molecule has 0 radical (unpaired) electrons. The number of hydrogen-bond donors (Lipinski definition) is 8. The minimum atomic E-state index is -1.92. The van der Waals surface area contributed by atoms with Gasteiger partial charge in [-0.15, -0.1) is 0 Å². The molecule has 2 unspecified atom stereocenters. The standard InChI is InChI=1S/C42H68O13/c1-37(2)17-21-20-9-10-24-40(6)13-12-26(38(3,4)23(40)11-14-42(24,8)41(20,7)16-15-39(21,5)25(44)18-37)53-36-33(30(48)29(47)32(54-36)34(50)51)55-35-31(49)28(46)27(45)22(19-43)52-35/h9,21-33,35-36,43-49H,10-19H2,1-8H3,(H,50,51)/t21?,22-,23+,24?,25-,26+,27+,28+,29+,30+,31-,32+,33-,35+,36-,39-,40+,41-,42-/m1/s1. The van der Waals surface area contributed by atoms with Gasteiger partial charge in [0.15, 0.2) is 18.7 Å². The molecular weight excluding hydrogens is 712 g/mol. The highest BCUT2D eigenvalue weighted by atomic mass is 16.8. The summed E-state index contributed by atoms with van der Waals surface area (Å²) in [5.74, 6) is -0.522. The van der Waals surface area contributed by atoms with Crippen molar-refractivity contribution in [1.29, 1.82) is 0 Å². The van der Waals surface area contributed by atoms with Gasteiger partial charge in [-0.3, -0.25) is 0 Å². The van der Waals surface area contributed by atoms with E-state index >= 15 is 0 Å². The molecule has 314 valence electrons. The highest BCUT2D eigenvalue weighted by Gasteiger charge is 2.69. The molecule has 8 N–H and O–H groups in total. The number of allylic oxidation sites excluding steroid dienone is 2. The molecule has 0 spiro atoms. The van der Waals surface area contributed by atoms with Gasteiger partial charge >= 0.3 is 5.97 Å². The Morgan fingerprint density at radius 2 is 1.44 bits per heavy atom. The van der Waals surface area contributed by atoms with Gasteiger partial charge in [0.2, 0.25) is 0 Å². The van der Waals surface area contributed by atoms with Crippen molar-refractivity contribution in [2.75, 3.05) is 6.61 Å². The van der Waals surface area contributed by atoms with Crippen molar-refractivity contribution in [2.24, 2.45) is 50.2 Å². The van der Waals surface area contributed by atoms with Crippen LogP contribution in [0.25, 0.3) is 0 Å². The number of ether oxygens (including phenoxy) is 4. The monoisotopic (exact) mass is 780 g/mol. The van der Waals surface area contributed by atoms with Crippen LogP contribution in [0, 0.1) is 50.2 Å². The molecule has 55 heavy (non-hydrogen) atoms. The Hall–Kier alpha value is -1.23. The Balaban J connectivity index is 1.15. The van der Waals surface area contributed by atoms with Crippen LogP contribution < -0.4 is 0 Å². The number of aliphatic hydroxyl groups excluding tert-OH is 7. The molecule has 13 nitrogen and oxygen atoms in total. The number of hydrogen-bond acceptors (Lipinski definition) is 12. The van der Waals surface area contributed by atoms with Crippen molar-refractivity contribution in [2.45, 2.75) is 187 Å². The van der Waals surface area contributed by atoms with Crippen molar-refractivity contribution < 1.29 is 64.6 Å². The van der Waals surface area contributed by atoms with Crippen LogP contribution in [-0.2, 0) is 23.7 Å². The van der Waals surface area contributed by atoms with Crippen LogP contribution in [-0.4, -0.2) is 127 Å². The third-order valence-electron chi connectivity index (χ3n) is 17.3. The zero-order valence-electron chi connectivity index (χ0n) is 33.9. The Bertz CT molecular complexity index is 1500. The molecular formula is C42H68O13. The van der Waals surface area contributed by atoms with Gasteiger partial charge in [0.25, 0.3) is 0 Å². The summed E-state index contributed by atoms with van der Waals surface area (Å²) >= 11 is 0. The lowest BCUT2D eigenvalue weighted by Crippen LogP contribution is -2.67. The second-order valence-corrected chi connectivity index (χ2v) is 21.0. The van der Waals surface area contributed by atoms with Gasteiger partial charge in [-0.05, 0) is 103 Å². The van der Waals surface area contributed by atoms with Gasteiger partial charge in [-0.25, -0.2) is 4.79 Å². The number of carboxylic acids is 1. The highest BCUT2D eigenvalue weighted by molar-refractivity contribution is 5.73. The lowest BCUT2D eigenvalue weighted by atomic mass is 9.33. The minimum Gasteiger partial charge on any atom is -0.479 e. The van der Waals surface area contributed by atoms with Crippen LogP contribution >= 0.6 is 0 Å². The first-order valence-corrected chi connectivity index (χ1v) is 20.7. The van der Waals surface area contributed by atoms with Crippen molar-refractivity contribution >= 4 is 5.97 Å². The maximum absolute atomic E-state index is 12.2. The average Bonchev–Trinajstić information content (AvgIpc) is 3.10. The third kappa shape index (κ3) is 6.23. The largest absolute Gasteiger partial charge is 0.479 e. The molecule has 2 heterocycles. The molecule has 7 aliphatic rings. The normalized spacial score (nSPS) is 54.5. The van der Waals surface area contributed by atoms with Gasteiger partial charge in [0, 0.05) is 5.41 Å². The lowest BCUT2D eigenvalue weighted by Gasteiger charge is -2.71. The quantitative estimate of drug-likeness (QED) is 0.144. The molecule has 0 aromatic heterocycles. The second-order valence-electron chi connectivity index (χ2n) is 21.0. The summed E-state index contributed by atoms with van der Waals surface area (Å²) in [5, 5.41) is 84.6. The van der Waals surface area contributed by atoms with E-state index in [1.165, 1.54) is 0 Å². The lowest BCUT2D eigenvalue weighted by molar-refractivity contribution is -0.374. The fraction of sp³-hybridized carbons (Fsp3) is 0.929. The SMILES string of the molecule is CC1(C)CC2C3=CCC4[C@@]5(C)CC[C@H](O[C@@H]6O[C@H](C(=O)O)[C@@H](O)[C@H](O)[C@H]6O[C@@H]6O[C@H](CO)[C@H](O)[C@H](O)[C@H]6O)C(C)(C)[C@@H]5CC[C@@]4(C)[C@]3(C)CC[C@@]2(C)[C@H](O)C1. The van der Waals surface area contributed by atoms with E-state index in [1.807, 2.05) is 0 Å². The molecule has 5 aliphatic carbocycles. The van der Waals surface area contributed by atoms with Crippen LogP contribution in [0.1, 0.15) is 113 Å². The van der Waals surface area contributed by atoms with Crippen LogP contribution in [0.3, 0.4) is 0 Å². The van der Waals surface area contributed by atoms with E-state index in [-0.39, 0.29) is 39.1 Å². The van der Waals surface area contributed by atoms with E-state index < -0.39 is 85.5 Å². The van der Waals surface area contributed by atoms with E-state index in [0.29, 0.717) is 18.3 Å². The summed E-state index contributed by atoms with van der Waals surface area (Å²) in [4.78, 5) is 12.2. The molecule has 4 saturated carbocycles. The van der Waals surface area contributed by atoms with Gasteiger partial charge in [-0.2, -0.15) is 0 Å². The van der Waals surface area contributed by atoms with Crippen molar-refractivity contribution in [3.8, 4) is 0 Å². The predicted molar refractivity (Wildman–Crippen MR) is 198 cm³/mol. The Kier molecular flexibility index (Phi) is 10.6. The first kappa shape index (κ1) is 41.9. The molecule has 2 aliphatic heterocycles. The molecule has 2 saturated heterocycles. The summed E-state index contributed by atoms with van der Waals surface area (Å²) in [7, 11) is 0. The summed E-state index contributed by atoms with van der Waals surface area (Å²) in [6.45, 7) is 18.1. The van der Waals surface area contributed by atoms with E-state index in [4.69, 9.17) is 18.9 Å². The van der Waals surface area contributed by atoms with Gasteiger partial charge in [0.05, 0.1) is 18.8 Å². The molecule has 19 atom stereocenters. The van der Waals surface area contributed by atoms with Crippen LogP contribution in [0.5, 0.6) is 0 Å². The number of aliphatic carboxylic acids is 1. The van der Waals surface area contributed by atoms with Crippen molar-refractivity contribution in [1.82, 2.24) is 0 Å². The maximum atomic E-state index is 12.2. The number of fused-ring (bicyclic) bond motifs is 7. The number of carbonyl (C=O) groups is 1. The minimum absolute atomic E-state index is 0.00638. The molecule has 0 aromatic rings. The molecule has 13 heteroatoms. The fourth-order valence-corrected chi connectivity index (χ4v) is 13.7. The molecule has 6 fully saturated rings. The molecule has 7 rings (SSSR count). The Labute approximate surface area is 325 Å². The second kappa shape index (κ2) is 13.9. The average molecular weight is 781 g/mol. The van der Waals surface area contributed by atoms with Gasteiger partial charge < -0.3 is 59.8 Å². The number of aliphatic hydroxyl groups is 7. The van der Waals surface area contributed by atoms with E-state index in [9.17, 15) is 45.6 Å². The topological polar surface area (TPSA) is 216 Å². The summed E-state index contributed by atoms with van der Waals surface area (Å²) in [6.07, 6.45) is -6.63. The van der Waals surface area contributed by atoms with Gasteiger partial charge in [0.1, 0.15) is 42.7 Å². The molecule has 0 aromatic carbocycles. The fourth-order valence-electron chi connectivity index (χ4n) is 13.7.